The first-order valence-corrected chi connectivity index (χ1v) is 7.45. The van der Waals surface area contributed by atoms with Gasteiger partial charge in [-0.1, -0.05) is 13.0 Å². The number of nitrogens with one attached hydrogen (secondary N) is 1. The standard InChI is InChI=1S/C15H19N3OS/c1-5-12-10(2)20-14(17-12)18-13(19)15(3,4)11-7-6-8-16-9-11/h6-9H,5H2,1-4H3,(H,17,18,19). The van der Waals surface area contributed by atoms with Crippen LogP contribution in [0.3, 0.4) is 0 Å². The molecular weight excluding hydrogens is 270 g/mol. The van der Waals surface area contributed by atoms with Gasteiger partial charge in [0, 0.05) is 17.3 Å². The van der Waals surface area contributed by atoms with E-state index >= 15 is 0 Å². The van der Waals surface area contributed by atoms with Crippen LogP contribution in [0.4, 0.5) is 5.13 Å². The topological polar surface area (TPSA) is 54.9 Å². The third-order valence-electron chi connectivity index (χ3n) is 3.40. The number of pyridine rings is 1. The third-order valence-corrected chi connectivity index (χ3v) is 4.33. The summed E-state index contributed by atoms with van der Waals surface area (Å²) >= 11 is 1.52. The molecule has 0 spiro atoms. The van der Waals surface area contributed by atoms with Crippen LogP contribution in [0.25, 0.3) is 0 Å². The summed E-state index contributed by atoms with van der Waals surface area (Å²) in [5.41, 5.74) is 1.30. The molecule has 0 aliphatic carbocycles. The van der Waals surface area contributed by atoms with Gasteiger partial charge in [-0.05, 0) is 38.8 Å². The van der Waals surface area contributed by atoms with Gasteiger partial charge in [0.2, 0.25) is 5.91 Å². The Balaban J connectivity index is 2.18. The summed E-state index contributed by atoms with van der Waals surface area (Å²) in [6.07, 6.45) is 4.31. The Labute approximate surface area is 123 Å². The maximum Gasteiger partial charge on any atom is 0.236 e. The van der Waals surface area contributed by atoms with Crippen LogP contribution < -0.4 is 5.32 Å². The highest BCUT2D eigenvalue weighted by molar-refractivity contribution is 7.15. The molecule has 0 bridgehead atoms. The van der Waals surface area contributed by atoms with Crippen molar-refractivity contribution < 1.29 is 4.79 Å². The molecule has 0 aliphatic rings. The van der Waals surface area contributed by atoms with Crippen LogP contribution in [0, 0.1) is 6.92 Å². The molecule has 0 atom stereocenters. The summed E-state index contributed by atoms with van der Waals surface area (Å²) < 4.78 is 0. The highest BCUT2D eigenvalue weighted by Gasteiger charge is 2.30. The molecular formula is C15H19N3OS. The molecule has 0 aliphatic heterocycles. The minimum absolute atomic E-state index is 0.0677. The Bertz CT molecular complexity index is 605. The number of carbonyl (C=O) groups excluding carboxylic acids is 1. The second-order valence-corrected chi connectivity index (χ2v) is 6.40. The van der Waals surface area contributed by atoms with Gasteiger partial charge in [-0.15, -0.1) is 11.3 Å². The molecule has 0 radical (unpaired) electrons. The molecule has 2 aromatic rings. The first-order valence-electron chi connectivity index (χ1n) is 6.63. The van der Waals surface area contributed by atoms with Crippen molar-refractivity contribution in [3.05, 3.63) is 40.7 Å². The van der Waals surface area contributed by atoms with E-state index in [9.17, 15) is 4.79 Å². The molecule has 106 valence electrons. The number of nitrogens with zero attached hydrogens (tertiary/aromatic N) is 2. The predicted octanol–water partition coefficient (Wildman–Crippen LogP) is 3.33. The Morgan fingerprint density at radius 1 is 1.45 bits per heavy atom. The summed E-state index contributed by atoms with van der Waals surface area (Å²) in [7, 11) is 0. The van der Waals surface area contributed by atoms with E-state index in [-0.39, 0.29) is 5.91 Å². The highest BCUT2D eigenvalue weighted by Crippen LogP contribution is 2.27. The summed E-state index contributed by atoms with van der Waals surface area (Å²) in [5.74, 6) is -0.0677. The second kappa shape index (κ2) is 5.71. The van der Waals surface area contributed by atoms with Crippen molar-refractivity contribution in [1.29, 1.82) is 0 Å². The molecule has 2 rings (SSSR count). The van der Waals surface area contributed by atoms with Gasteiger partial charge in [0.15, 0.2) is 5.13 Å². The van der Waals surface area contributed by atoms with Gasteiger partial charge in [0.25, 0.3) is 0 Å². The van der Waals surface area contributed by atoms with Crippen LogP contribution in [0.2, 0.25) is 0 Å². The SMILES string of the molecule is CCc1nc(NC(=O)C(C)(C)c2cccnc2)sc1C. The number of carbonyl (C=O) groups is 1. The number of hydrogen-bond donors (Lipinski definition) is 1. The van der Waals surface area contributed by atoms with E-state index in [4.69, 9.17) is 0 Å². The number of hydrogen-bond acceptors (Lipinski definition) is 4. The smallest absolute Gasteiger partial charge is 0.236 e. The molecule has 2 heterocycles. The largest absolute Gasteiger partial charge is 0.301 e. The Morgan fingerprint density at radius 3 is 2.75 bits per heavy atom. The van der Waals surface area contributed by atoms with Crippen LogP contribution in [0.1, 0.15) is 36.9 Å². The summed E-state index contributed by atoms with van der Waals surface area (Å²) in [5, 5.41) is 3.58. The van der Waals surface area contributed by atoms with Crippen molar-refractivity contribution in [1.82, 2.24) is 9.97 Å². The zero-order valence-electron chi connectivity index (χ0n) is 12.2. The number of thiazole rings is 1. The first-order chi connectivity index (χ1) is 9.45. The lowest BCUT2D eigenvalue weighted by atomic mass is 9.85. The van der Waals surface area contributed by atoms with E-state index < -0.39 is 5.41 Å². The maximum atomic E-state index is 12.5. The molecule has 4 nitrogen and oxygen atoms in total. The lowest BCUT2D eigenvalue weighted by Gasteiger charge is -2.22. The molecule has 0 unspecified atom stereocenters. The minimum Gasteiger partial charge on any atom is -0.301 e. The highest BCUT2D eigenvalue weighted by atomic mass is 32.1. The molecule has 0 saturated carbocycles. The molecule has 2 aromatic heterocycles. The van der Waals surface area contributed by atoms with Crippen molar-refractivity contribution in [2.75, 3.05) is 5.32 Å². The summed E-state index contributed by atoms with van der Waals surface area (Å²) in [6, 6.07) is 3.75. The van der Waals surface area contributed by atoms with Gasteiger partial charge >= 0.3 is 0 Å². The molecule has 1 amide bonds. The normalized spacial score (nSPS) is 11.4. The molecule has 5 heteroatoms. The van der Waals surface area contributed by atoms with Gasteiger partial charge in [-0.25, -0.2) is 4.98 Å². The van der Waals surface area contributed by atoms with E-state index in [1.165, 1.54) is 11.3 Å². The summed E-state index contributed by atoms with van der Waals surface area (Å²) in [6.45, 7) is 7.87. The molecule has 0 saturated heterocycles. The minimum atomic E-state index is -0.639. The molecule has 20 heavy (non-hydrogen) atoms. The van der Waals surface area contributed by atoms with Crippen LogP contribution in [-0.2, 0) is 16.6 Å². The van der Waals surface area contributed by atoms with Crippen LogP contribution >= 0.6 is 11.3 Å². The fraction of sp³-hybridized carbons (Fsp3) is 0.400. The van der Waals surface area contributed by atoms with Crippen molar-refractivity contribution >= 4 is 22.4 Å². The van der Waals surface area contributed by atoms with E-state index in [1.54, 1.807) is 12.4 Å². The third kappa shape index (κ3) is 2.88. The van der Waals surface area contributed by atoms with Crippen LogP contribution in [0.15, 0.2) is 24.5 Å². The predicted molar refractivity (Wildman–Crippen MR) is 82.1 cm³/mol. The molecule has 0 fully saturated rings. The van der Waals surface area contributed by atoms with Gasteiger partial charge in [0.05, 0.1) is 11.1 Å². The fourth-order valence-electron chi connectivity index (χ4n) is 1.93. The van der Waals surface area contributed by atoms with E-state index in [2.05, 4.69) is 22.2 Å². The Kier molecular flexibility index (Phi) is 4.18. The van der Waals surface area contributed by atoms with E-state index in [0.29, 0.717) is 5.13 Å². The van der Waals surface area contributed by atoms with E-state index in [0.717, 1.165) is 22.6 Å². The van der Waals surface area contributed by atoms with E-state index in [1.807, 2.05) is 32.9 Å². The number of aromatic nitrogens is 2. The van der Waals surface area contributed by atoms with Crippen molar-refractivity contribution in [2.45, 2.75) is 39.5 Å². The zero-order chi connectivity index (χ0) is 14.8. The number of anilines is 1. The lowest BCUT2D eigenvalue weighted by molar-refractivity contribution is -0.120. The van der Waals surface area contributed by atoms with Crippen LogP contribution in [-0.4, -0.2) is 15.9 Å². The van der Waals surface area contributed by atoms with Crippen molar-refractivity contribution in [2.24, 2.45) is 0 Å². The maximum absolute atomic E-state index is 12.5. The average Bonchev–Trinajstić information content (AvgIpc) is 2.79. The quantitative estimate of drug-likeness (QED) is 0.939. The molecule has 1 N–H and O–H groups in total. The average molecular weight is 289 g/mol. The van der Waals surface area contributed by atoms with Gasteiger partial charge < -0.3 is 5.32 Å². The number of amides is 1. The monoisotopic (exact) mass is 289 g/mol. The number of rotatable bonds is 4. The van der Waals surface area contributed by atoms with Gasteiger partial charge in [0.1, 0.15) is 0 Å². The number of aryl methyl sites for hydroxylation is 2. The molecule has 0 aromatic carbocycles. The van der Waals surface area contributed by atoms with Crippen molar-refractivity contribution in [3.8, 4) is 0 Å². The fourth-order valence-corrected chi connectivity index (χ4v) is 2.82. The van der Waals surface area contributed by atoms with Gasteiger partial charge in [-0.2, -0.15) is 0 Å². The Hall–Kier alpha value is -1.75. The summed E-state index contributed by atoms with van der Waals surface area (Å²) in [4.78, 5) is 22.2. The first kappa shape index (κ1) is 14.7. The van der Waals surface area contributed by atoms with Crippen molar-refractivity contribution in [3.63, 3.8) is 0 Å². The second-order valence-electron chi connectivity index (χ2n) is 5.20. The van der Waals surface area contributed by atoms with Crippen LogP contribution in [0.5, 0.6) is 0 Å². The van der Waals surface area contributed by atoms with Gasteiger partial charge in [-0.3, -0.25) is 9.78 Å². The lowest BCUT2D eigenvalue weighted by Crippen LogP contribution is -2.34. The zero-order valence-corrected chi connectivity index (χ0v) is 13.0. The Morgan fingerprint density at radius 2 is 2.20 bits per heavy atom.